The molecule has 29 heavy (non-hydrogen) atoms. The van der Waals surface area contributed by atoms with Gasteiger partial charge < -0.3 is 9.64 Å². The number of carbonyl (C=O) groups excluding carboxylic acids is 2. The summed E-state index contributed by atoms with van der Waals surface area (Å²) < 4.78 is 32.9. The first-order valence-electron chi connectivity index (χ1n) is 9.60. The van der Waals surface area contributed by atoms with Gasteiger partial charge in [-0.05, 0) is 56.4 Å². The Morgan fingerprint density at radius 1 is 1.21 bits per heavy atom. The number of amides is 1. The molecule has 0 aromatic heterocycles. The molecule has 2 rings (SSSR count). The summed E-state index contributed by atoms with van der Waals surface area (Å²) in [6.07, 6.45) is 0.927. The number of nitrogens with one attached hydrogen (secondary N) is 1. The van der Waals surface area contributed by atoms with Crippen LogP contribution >= 0.6 is 11.8 Å². The van der Waals surface area contributed by atoms with Gasteiger partial charge in [-0.1, -0.05) is 6.07 Å². The van der Waals surface area contributed by atoms with Crippen LogP contribution in [0.2, 0.25) is 0 Å². The maximum Gasteiger partial charge on any atom is 0.315 e. The molecule has 1 heterocycles. The second-order valence-electron chi connectivity index (χ2n) is 7.37. The van der Waals surface area contributed by atoms with Gasteiger partial charge in [-0.3, -0.25) is 9.59 Å². The van der Waals surface area contributed by atoms with Crippen molar-refractivity contribution in [2.75, 3.05) is 32.5 Å². The van der Waals surface area contributed by atoms with Crippen molar-refractivity contribution in [2.45, 2.75) is 50.7 Å². The fraction of sp³-hybridized carbons (Fsp3) is 0.600. The number of hydrogen-bond acceptors (Lipinski definition) is 6. The summed E-state index contributed by atoms with van der Waals surface area (Å²) in [5.41, 5.74) is 3.32. The standard InChI is InChI=1S/C20H30N2O5S2/c1-13-10-14(2)16(4)20(15(13)3)29(25,26)21-8-6-18(23)22-9-7-17(11-22)28-12-19(24)27-5/h10,17,21H,6-9,11-12H2,1-5H3/t17-/m0/s1. The Bertz CT molecular complexity index is 857. The molecule has 0 aliphatic carbocycles. The summed E-state index contributed by atoms with van der Waals surface area (Å²) in [6.45, 7) is 8.65. The van der Waals surface area contributed by atoms with Crippen molar-refractivity contribution in [3.8, 4) is 0 Å². The van der Waals surface area contributed by atoms with Gasteiger partial charge in [0.25, 0.3) is 0 Å². The highest BCUT2D eigenvalue weighted by Crippen LogP contribution is 2.26. The van der Waals surface area contributed by atoms with Crippen LogP contribution in [-0.2, 0) is 24.3 Å². The maximum atomic E-state index is 12.8. The lowest BCUT2D eigenvalue weighted by atomic mass is 10.0. The third-order valence-corrected chi connectivity index (χ3v) is 8.35. The average Bonchev–Trinajstić information content (AvgIpc) is 3.13. The Hall–Kier alpha value is -1.58. The Balaban J connectivity index is 1.90. The number of benzene rings is 1. The van der Waals surface area contributed by atoms with Crippen LogP contribution in [0.25, 0.3) is 0 Å². The van der Waals surface area contributed by atoms with E-state index >= 15 is 0 Å². The predicted octanol–water partition coefficient (Wildman–Crippen LogP) is 2.10. The third-order valence-electron chi connectivity index (χ3n) is 5.36. The Morgan fingerprint density at radius 2 is 1.83 bits per heavy atom. The van der Waals surface area contributed by atoms with Crippen LogP contribution in [-0.4, -0.2) is 62.9 Å². The Morgan fingerprint density at radius 3 is 2.41 bits per heavy atom. The molecule has 1 saturated heterocycles. The fourth-order valence-corrected chi connectivity index (χ4v) is 6.13. The molecule has 1 aliphatic rings. The number of thioether (sulfide) groups is 1. The van der Waals surface area contributed by atoms with Gasteiger partial charge in [-0.2, -0.15) is 0 Å². The van der Waals surface area contributed by atoms with Crippen LogP contribution in [0, 0.1) is 27.7 Å². The summed E-state index contributed by atoms with van der Waals surface area (Å²) in [5, 5.41) is 0.204. The van der Waals surface area contributed by atoms with Crippen molar-refractivity contribution in [3.63, 3.8) is 0 Å². The molecule has 1 atom stereocenters. The second-order valence-corrected chi connectivity index (χ2v) is 10.4. The molecule has 1 aromatic rings. The summed E-state index contributed by atoms with van der Waals surface area (Å²) in [6, 6.07) is 1.98. The molecule has 1 N–H and O–H groups in total. The van der Waals surface area contributed by atoms with E-state index < -0.39 is 10.0 Å². The maximum absolute atomic E-state index is 12.8. The monoisotopic (exact) mass is 442 g/mol. The van der Waals surface area contributed by atoms with E-state index in [4.69, 9.17) is 0 Å². The summed E-state index contributed by atoms with van der Waals surface area (Å²) in [5.74, 6) is -0.0775. The Kier molecular flexibility index (Phi) is 8.13. The lowest BCUT2D eigenvalue weighted by molar-refractivity contribution is -0.137. The molecule has 162 valence electrons. The van der Waals surface area contributed by atoms with Crippen LogP contribution < -0.4 is 4.72 Å². The highest BCUT2D eigenvalue weighted by Gasteiger charge is 2.27. The molecular formula is C20H30N2O5S2. The van der Waals surface area contributed by atoms with Crippen molar-refractivity contribution in [2.24, 2.45) is 0 Å². The zero-order chi connectivity index (χ0) is 21.8. The van der Waals surface area contributed by atoms with Crippen molar-refractivity contribution in [3.05, 3.63) is 28.3 Å². The van der Waals surface area contributed by atoms with E-state index in [-0.39, 0.29) is 35.8 Å². The smallest absolute Gasteiger partial charge is 0.315 e. The molecule has 0 bridgehead atoms. The lowest BCUT2D eigenvalue weighted by Crippen LogP contribution is -2.34. The van der Waals surface area contributed by atoms with Gasteiger partial charge in [0.05, 0.1) is 17.8 Å². The normalized spacial score (nSPS) is 16.9. The van der Waals surface area contributed by atoms with Gasteiger partial charge in [0.15, 0.2) is 0 Å². The van der Waals surface area contributed by atoms with Crippen LogP contribution in [0.5, 0.6) is 0 Å². The minimum Gasteiger partial charge on any atom is -0.468 e. The van der Waals surface area contributed by atoms with E-state index in [0.717, 1.165) is 28.7 Å². The molecule has 0 saturated carbocycles. The molecular weight excluding hydrogens is 412 g/mol. The van der Waals surface area contributed by atoms with Crippen molar-refractivity contribution < 1.29 is 22.7 Å². The minimum atomic E-state index is -3.69. The molecule has 1 aliphatic heterocycles. The number of rotatable bonds is 8. The lowest BCUT2D eigenvalue weighted by Gasteiger charge is -2.18. The largest absolute Gasteiger partial charge is 0.468 e. The summed E-state index contributed by atoms with van der Waals surface area (Å²) in [4.78, 5) is 25.7. The fourth-order valence-electron chi connectivity index (χ4n) is 3.44. The van der Waals surface area contributed by atoms with E-state index in [2.05, 4.69) is 9.46 Å². The number of esters is 1. The van der Waals surface area contributed by atoms with Crippen molar-refractivity contribution in [1.29, 1.82) is 0 Å². The van der Waals surface area contributed by atoms with Gasteiger partial charge in [-0.25, -0.2) is 13.1 Å². The molecule has 0 unspecified atom stereocenters. The number of aryl methyl sites for hydroxylation is 2. The third kappa shape index (κ3) is 5.96. The molecule has 1 fully saturated rings. The minimum absolute atomic E-state index is 0.0590. The van der Waals surface area contributed by atoms with E-state index in [0.29, 0.717) is 18.0 Å². The first-order valence-corrected chi connectivity index (χ1v) is 12.1. The summed E-state index contributed by atoms with van der Waals surface area (Å²) in [7, 11) is -2.34. The Labute approximate surface area is 177 Å². The van der Waals surface area contributed by atoms with Crippen LogP contribution in [0.4, 0.5) is 0 Å². The van der Waals surface area contributed by atoms with Crippen molar-refractivity contribution >= 4 is 33.7 Å². The van der Waals surface area contributed by atoms with Crippen LogP contribution in [0.3, 0.4) is 0 Å². The van der Waals surface area contributed by atoms with Gasteiger partial charge in [-0.15, -0.1) is 11.8 Å². The SMILES string of the molecule is COC(=O)CS[C@H]1CCN(C(=O)CCNS(=O)(=O)c2c(C)c(C)cc(C)c2C)C1. The molecule has 0 radical (unpaired) electrons. The molecule has 7 nitrogen and oxygen atoms in total. The predicted molar refractivity (Wildman–Crippen MR) is 115 cm³/mol. The van der Waals surface area contributed by atoms with Gasteiger partial charge in [0.2, 0.25) is 15.9 Å². The highest BCUT2D eigenvalue weighted by molar-refractivity contribution is 8.00. The van der Waals surface area contributed by atoms with Crippen molar-refractivity contribution in [1.82, 2.24) is 9.62 Å². The average molecular weight is 443 g/mol. The summed E-state index contributed by atoms with van der Waals surface area (Å²) >= 11 is 1.49. The number of likely N-dealkylation sites (tertiary alicyclic amines) is 1. The van der Waals surface area contributed by atoms with E-state index in [1.54, 1.807) is 18.7 Å². The quantitative estimate of drug-likeness (QED) is 0.620. The topological polar surface area (TPSA) is 92.8 Å². The number of nitrogens with zero attached hydrogens (tertiary/aromatic N) is 1. The number of carbonyl (C=O) groups is 2. The number of hydrogen-bond donors (Lipinski definition) is 1. The van der Waals surface area contributed by atoms with E-state index in [1.807, 2.05) is 19.9 Å². The molecule has 9 heteroatoms. The van der Waals surface area contributed by atoms with E-state index in [9.17, 15) is 18.0 Å². The second kappa shape index (κ2) is 9.95. The highest BCUT2D eigenvalue weighted by atomic mass is 32.2. The zero-order valence-corrected chi connectivity index (χ0v) is 19.3. The van der Waals surface area contributed by atoms with Crippen LogP contribution in [0.15, 0.2) is 11.0 Å². The molecule has 0 spiro atoms. The molecule has 1 aromatic carbocycles. The van der Waals surface area contributed by atoms with Crippen LogP contribution in [0.1, 0.15) is 35.1 Å². The first kappa shape index (κ1) is 23.7. The number of sulfonamides is 1. The van der Waals surface area contributed by atoms with Gasteiger partial charge >= 0.3 is 5.97 Å². The van der Waals surface area contributed by atoms with E-state index in [1.165, 1.54) is 18.9 Å². The number of methoxy groups -OCH3 is 1. The van der Waals surface area contributed by atoms with Gasteiger partial charge in [0, 0.05) is 31.3 Å². The first-order chi connectivity index (χ1) is 13.6. The zero-order valence-electron chi connectivity index (χ0n) is 17.7. The van der Waals surface area contributed by atoms with Gasteiger partial charge in [0.1, 0.15) is 0 Å². The molecule has 1 amide bonds. The number of ether oxygens (including phenoxy) is 1.